The first-order valence-electron chi connectivity index (χ1n) is 5.24. The Morgan fingerprint density at radius 1 is 1.27 bits per heavy atom. The van der Waals surface area contributed by atoms with Crippen molar-refractivity contribution >= 4 is 0 Å². The SMILES string of the molecule is CCOC(O)CCOCc1ccccc1. The summed E-state index contributed by atoms with van der Waals surface area (Å²) in [5.74, 6) is 0. The zero-order chi connectivity index (χ0) is 10.9. The molecule has 0 spiro atoms. The minimum absolute atomic E-state index is 0.510. The lowest BCUT2D eigenvalue weighted by Gasteiger charge is -2.10. The van der Waals surface area contributed by atoms with Crippen LogP contribution in [0.4, 0.5) is 0 Å². The summed E-state index contributed by atoms with van der Waals surface area (Å²) in [6, 6.07) is 9.96. The van der Waals surface area contributed by atoms with Crippen molar-refractivity contribution < 1.29 is 14.6 Å². The molecule has 0 fully saturated rings. The van der Waals surface area contributed by atoms with Crippen LogP contribution in [0.25, 0.3) is 0 Å². The molecule has 0 bridgehead atoms. The second-order valence-electron chi connectivity index (χ2n) is 3.24. The highest BCUT2D eigenvalue weighted by Crippen LogP contribution is 2.02. The molecule has 15 heavy (non-hydrogen) atoms. The first kappa shape index (κ1) is 12.2. The molecular formula is C12H18O3. The highest BCUT2D eigenvalue weighted by atomic mass is 16.6. The number of benzene rings is 1. The van der Waals surface area contributed by atoms with Gasteiger partial charge in [-0.2, -0.15) is 0 Å². The lowest BCUT2D eigenvalue weighted by Crippen LogP contribution is -2.14. The van der Waals surface area contributed by atoms with Crippen LogP contribution < -0.4 is 0 Å². The Kier molecular flexibility index (Phi) is 6.00. The zero-order valence-corrected chi connectivity index (χ0v) is 9.06. The van der Waals surface area contributed by atoms with E-state index in [1.807, 2.05) is 37.3 Å². The molecule has 3 nitrogen and oxygen atoms in total. The van der Waals surface area contributed by atoms with Crippen molar-refractivity contribution in [2.45, 2.75) is 26.2 Å². The molecule has 0 amide bonds. The minimum atomic E-state index is -0.703. The molecule has 84 valence electrons. The van der Waals surface area contributed by atoms with Crippen molar-refractivity contribution in [2.24, 2.45) is 0 Å². The quantitative estimate of drug-likeness (QED) is 0.552. The smallest absolute Gasteiger partial charge is 0.156 e. The van der Waals surface area contributed by atoms with Crippen LogP contribution in [0, 0.1) is 0 Å². The Bertz CT molecular complexity index is 248. The maximum atomic E-state index is 9.24. The van der Waals surface area contributed by atoms with Crippen molar-refractivity contribution in [3.05, 3.63) is 35.9 Å². The Morgan fingerprint density at radius 2 is 2.00 bits per heavy atom. The van der Waals surface area contributed by atoms with Crippen molar-refractivity contribution in [1.82, 2.24) is 0 Å². The average Bonchev–Trinajstić information content (AvgIpc) is 2.26. The molecule has 1 atom stereocenters. The fraction of sp³-hybridized carbons (Fsp3) is 0.500. The molecule has 3 heteroatoms. The van der Waals surface area contributed by atoms with Crippen LogP contribution in [0.2, 0.25) is 0 Å². The molecule has 0 aliphatic rings. The van der Waals surface area contributed by atoms with Crippen LogP contribution in [0.1, 0.15) is 18.9 Å². The molecule has 1 N–H and O–H groups in total. The lowest BCUT2D eigenvalue weighted by molar-refractivity contribution is -0.109. The summed E-state index contributed by atoms with van der Waals surface area (Å²) in [7, 11) is 0. The van der Waals surface area contributed by atoms with E-state index in [4.69, 9.17) is 9.47 Å². The maximum Gasteiger partial charge on any atom is 0.156 e. The molecule has 1 aromatic rings. The summed E-state index contributed by atoms with van der Waals surface area (Å²) in [6.07, 6.45) is -0.188. The van der Waals surface area contributed by atoms with Crippen LogP contribution in [-0.4, -0.2) is 24.6 Å². The largest absolute Gasteiger partial charge is 0.377 e. The second kappa shape index (κ2) is 7.40. The van der Waals surface area contributed by atoms with Crippen LogP contribution in [0.3, 0.4) is 0 Å². The van der Waals surface area contributed by atoms with Gasteiger partial charge >= 0.3 is 0 Å². The number of rotatable bonds is 7. The van der Waals surface area contributed by atoms with Gasteiger partial charge in [-0.05, 0) is 12.5 Å². The molecule has 0 aliphatic carbocycles. The van der Waals surface area contributed by atoms with Gasteiger partial charge in [-0.1, -0.05) is 30.3 Å². The number of aliphatic hydroxyl groups excluding tert-OH is 1. The second-order valence-corrected chi connectivity index (χ2v) is 3.24. The molecule has 0 aromatic heterocycles. The Morgan fingerprint density at radius 3 is 2.67 bits per heavy atom. The van der Waals surface area contributed by atoms with Crippen molar-refractivity contribution in [1.29, 1.82) is 0 Å². The molecule has 0 saturated carbocycles. The van der Waals surface area contributed by atoms with Crippen molar-refractivity contribution in [3.8, 4) is 0 Å². The van der Waals surface area contributed by atoms with Gasteiger partial charge in [0.15, 0.2) is 6.29 Å². The summed E-state index contributed by atoms with van der Waals surface area (Å²) in [5, 5.41) is 9.24. The van der Waals surface area contributed by atoms with Gasteiger partial charge in [-0.25, -0.2) is 0 Å². The number of aliphatic hydroxyl groups is 1. The van der Waals surface area contributed by atoms with Gasteiger partial charge in [0.2, 0.25) is 0 Å². The number of hydrogen-bond donors (Lipinski definition) is 1. The lowest BCUT2D eigenvalue weighted by atomic mass is 10.2. The van der Waals surface area contributed by atoms with E-state index in [1.165, 1.54) is 0 Å². The zero-order valence-electron chi connectivity index (χ0n) is 9.06. The van der Waals surface area contributed by atoms with Crippen molar-refractivity contribution in [3.63, 3.8) is 0 Å². The summed E-state index contributed by atoms with van der Waals surface area (Å²) >= 11 is 0. The van der Waals surface area contributed by atoms with E-state index in [1.54, 1.807) is 0 Å². The van der Waals surface area contributed by atoms with E-state index in [2.05, 4.69) is 0 Å². The average molecular weight is 210 g/mol. The monoisotopic (exact) mass is 210 g/mol. The van der Waals surface area contributed by atoms with Crippen LogP contribution in [0.5, 0.6) is 0 Å². The molecule has 0 radical (unpaired) electrons. The first-order valence-corrected chi connectivity index (χ1v) is 5.24. The molecule has 1 unspecified atom stereocenters. The third-order valence-electron chi connectivity index (χ3n) is 1.98. The first-order chi connectivity index (χ1) is 7.33. The topological polar surface area (TPSA) is 38.7 Å². The van der Waals surface area contributed by atoms with E-state index >= 15 is 0 Å². The van der Waals surface area contributed by atoms with Gasteiger partial charge in [0.05, 0.1) is 13.2 Å². The normalized spacial score (nSPS) is 12.7. The minimum Gasteiger partial charge on any atom is -0.377 e. The maximum absolute atomic E-state index is 9.24. The Labute approximate surface area is 90.6 Å². The van der Waals surface area contributed by atoms with Crippen LogP contribution in [0.15, 0.2) is 30.3 Å². The van der Waals surface area contributed by atoms with Gasteiger partial charge in [0.25, 0.3) is 0 Å². The molecular weight excluding hydrogens is 192 g/mol. The summed E-state index contributed by atoms with van der Waals surface area (Å²) in [6.45, 7) is 3.48. The van der Waals surface area contributed by atoms with Gasteiger partial charge in [-0.3, -0.25) is 0 Å². The predicted molar refractivity (Wildman–Crippen MR) is 58.3 cm³/mol. The molecule has 1 aromatic carbocycles. The summed E-state index contributed by atoms with van der Waals surface area (Å²) in [4.78, 5) is 0. The fourth-order valence-corrected chi connectivity index (χ4v) is 1.22. The van der Waals surface area contributed by atoms with Gasteiger partial charge in [-0.15, -0.1) is 0 Å². The van der Waals surface area contributed by atoms with E-state index in [-0.39, 0.29) is 0 Å². The van der Waals surface area contributed by atoms with Crippen molar-refractivity contribution in [2.75, 3.05) is 13.2 Å². The van der Waals surface area contributed by atoms with Gasteiger partial charge in [0.1, 0.15) is 0 Å². The molecule has 1 rings (SSSR count). The molecule has 0 saturated heterocycles. The third-order valence-corrected chi connectivity index (χ3v) is 1.98. The highest BCUT2D eigenvalue weighted by Gasteiger charge is 2.01. The number of hydrogen-bond acceptors (Lipinski definition) is 3. The summed E-state index contributed by atoms with van der Waals surface area (Å²) in [5.41, 5.74) is 1.14. The predicted octanol–water partition coefficient (Wildman–Crippen LogP) is 1.95. The van der Waals surface area contributed by atoms with E-state index < -0.39 is 6.29 Å². The molecule has 0 aliphatic heterocycles. The fourth-order valence-electron chi connectivity index (χ4n) is 1.22. The third kappa shape index (κ3) is 5.52. The highest BCUT2D eigenvalue weighted by molar-refractivity contribution is 5.13. The van der Waals surface area contributed by atoms with Crippen LogP contribution >= 0.6 is 0 Å². The van der Waals surface area contributed by atoms with Gasteiger partial charge < -0.3 is 14.6 Å². The van der Waals surface area contributed by atoms with Crippen LogP contribution in [-0.2, 0) is 16.1 Å². The van der Waals surface area contributed by atoms with Gasteiger partial charge in [0, 0.05) is 13.0 Å². The Balaban J connectivity index is 2.07. The standard InChI is InChI=1S/C12H18O3/c1-2-15-12(13)8-9-14-10-11-6-4-3-5-7-11/h3-7,12-13H,2,8-10H2,1H3. The Hall–Kier alpha value is -0.900. The summed E-state index contributed by atoms with van der Waals surface area (Å²) < 4.78 is 10.4. The number of ether oxygens (including phenoxy) is 2. The molecule has 0 heterocycles. The van der Waals surface area contributed by atoms with E-state index in [9.17, 15) is 5.11 Å². The van der Waals surface area contributed by atoms with E-state index in [0.717, 1.165) is 5.56 Å². The van der Waals surface area contributed by atoms with E-state index in [0.29, 0.717) is 26.2 Å².